The van der Waals surface area contributed by atoms with Gasteiger partial charge in [-0.05, 0) is 54.7 Å². The van der Waals surface area contributed by atoms with Crippen LogP contribution in [0.15, 0.2) is 60.8 Å². The van der Waals surface area contributed by atoms with Gasteiger partial charge in [0.15, 0.2) is 0 Å². The average molecular weight is 451 g/mol. The Kier molecular flexibility index (Phi) is 9.36. The molecule has 2 aromatic rings. The molecule has 6 heteroatoms. The number of methoxy groups -OCH3 is 1. The van der Waals surface area contributed by atoms with Crippen LogP contribution in [0, 0.1) is 0 Å². The van der Waals surface area contributed by atoms with Crippen LogP contribution in [0.4, 0.5) is 0 Å². The molecular formula is C27H34N2O4. The fraction of sp³-hybridized carbons (Fsp3) is 0.407. The van der Waals surface area contributed by atoms with Crippen molar-refractivity contribution in [2.24, 2.45) is 0 Å². The van der Waals surface area contributed by atoms with Crippen LogP contribution in [0.5, 0.6) is 5.75 Å². The van der Waals surface area contributed by atoms with Crippen LogP contribution in [0.25, 0.3) is 0 Å². The topological polar surface area (TPSA) is 59.1 Å². The normalized spacial score (nSPS) is 13.3. The van der Waals surface area contributed by atoms with Crippen LogP contribution < -0.4 is 4.74 Å². The molecule has 1 fully saturated rings. The first kappa shape index (κ1) is 24.4. The third kappa shape index (κ3) is 7.67. The predicted molar refractivity (Wildman–Crippen MR) is 129 cm³/mol. The smallest absolute Gasteiger partial charge is 0.338 e. The zero-order chi connectivity index (χ0) is 23.5. The number of hydrogen-bond donors (Lipinski definition) is 0. The first-order chi connectivity index (χ1) is 16.1. The molecule has 0 saturated carbocycles. The Morgan fingerprint density at radius 1 is 1.00 bits per heavy atom. The first-order valence-corrected chi connectivity index (χ1v) is 11.7. The molecule has 3 rings (SSSR count). The highest BCUT2D eigenvalue weighted by Gasteiger charge is 2.15. The number of hydrogen-bond acceptors (Lipinski definition) is 5. The number of ether oxygens (including phenoxy) is 2. The van der Waals surface area contributed by atoms with E-state index in [1.165, 1.54) is 0 Å². The second-order valence-electron chi connectivity index (χ2n) is 8.29. The molecule has 1 aliphatic rings. The van der Waals surface area contributed by atoms with Crippen LogP contribution in [0.3, 0.4) is 0 Å². The van der Waals surface area contributed by atoms with E-state index in [4.69, 9.17) is 9.47 Å². The van der Waals surface area contributed by atoms with Gasteiger partial charge in [-0.1, -0.05) is 37.6 Å². The van der Waals surface area contributed by atoms with E-state index in [1.54, 1.807) is 37.5 Å². The number of rotatable bonds is 11. The molecule has 0 unspecified atom stereocenters. The summed E-state index contributed by atoms with van der Waals surface area (Å²) in [7, 11) is 1.59. The summed E-state index contributed by atoms with van der Waals surface area (Å²) in [6.45, 7) is 5.75. The lowest BCUT2D eigenvalue weighted by Crippen LogP contribution is -2.26. The van der Waals surface area contributed by atoms with E-state index in [9.17, 15) is 9.59 Å². The van der Waals surface area contributed by atoms with Crippen LogP contribution in [-0.2, 0) is 22.7 Å². The summed E-state index contributed by atoms with van der Waals surface area (Å²) in [5.74, 6) is 0.439. The van der Waals surface area contributed by atoms with Gasteiger partial charge in [0.25, 0.3) is 0 Å². The Balaban J connectivity index is 1.52. The minimum absolute atomic E-state index is 0.100. The summed E-state index contributed by atoms with van der Waals surface area (Å²) in [6.07, 6.45) is 8.00. The van der Waals surface area contributed by atoms with Crippen LogP contribution in [0.1, 0.15) is 54.1 Å². The number of unbranched alkanes of at least 4 members (excludes halogenated alkanes) is 1. The summed E-state index contributed by atoms with van der Waals surface area (Å²) in [4.78, 5) is 28.7. The van der Waals surface area contributed by atoms with E-state index in [0.29, 0.717) is 11.3 Å². The van der Waals surface area contributed by atoms with Gasteiger partial charge < -0.3 is 19.3 Å². The number of benzene rings is 2. The van der Waals surface area contributed by atoms with Crippen LogP contribution >= 0.6 is 0 Å². The third-order valence-electron chi connectivity index (χ3n) is 5.75. The van der Waals surface area contributed by atoms with Gasteiger partial charge in [0, 0.05) is 38.5 Å². The first-order valence-electron chi connectivity index (χ1n) is 11.7. The number of amides is 1. The summed E-state index contributed by atoms with van der Waals surface area (Å²) < 4.78 is 10.5. The minimum atomic E-state index is -0.361. The molecule has 1 aliphatic heterocycles. The van der Waals surface area contributed by atoms with Crippen molar-refractivity contribution in [3.05, 3.63) is 77.5 Å². The lowest BCUT2D eigenvalue weighted by atomic mass is 10.1. The average Bonchev–Trinajstić information content (AvgIpc) is 3.40. The molecule has 2 aromatic carbocycles. The standard InChI is InChI=1S/C27H34N2O4/c1-3-4-16-28(19-15-26(30)29-17-5-6-18-29)20-22-7-9-23(10-8-22)21-33-27(31)24-11-13-25(32-2)14-12-24/h7-15,19H,3-6,16-18,20-21H2,1-2H3/b19-15+. The SMILES string of the molecule is CCCCN(/C=C/C(=O)N1CCCC1)Cc1ccc(COC(=O)c2ccc(OC)cc2)cc1. The highest BCUT2D eigenvalue weighted by molar-refractivity contribution is 5.89. The molecule has 33 heavy (non-hydrogen) atoms. The monoisotopic (exact) mass is 450 g/mol. The summed E-state index contributed by atoms with van der Waals surface area (Å²) in [5.41, 5.74) is 2.57. The fourth-order valence-electron chi connectivity index (χ4n) is 3.71. The summed E-state index contributed by atoms with van der Waals surface area (Å²) in [6, 6.07) is 14.9. The van der Waals surface area contributed by atoms with Crippen molar-refractivity contribution in [2.75, 3.05) is 26.7 Å². The Hall–Kier alpha value is -3.28. The molecule has 1 heterocycles. The van der Waals surface area contributed by atoms with Crippen molar-refractivity contribution in [1.82, 2.24) is 9.80 Å². The number of carbonyl (C=O) groups is 2. The second-order valence-corrected chi connectivity index (χ2v) is 8.29. The summed E-state index contributed by atoms with van der Waals surface area (Å²) in [5, 5.41) is 0. The highest BCUT2D eigenvalue weighted by atomic mass is 16.5. The van der Waals surface area contributed by atoms with Gasteiger partial charge in [-0.25, -0.2) is 4.79 Å². The van der Waals surface area contributed by atoms with Gasteiger partial charge in [-0.3, -0.25) is 4.79 Å². The van der Waals surface area contributed by atoms with Gasteiger partial charge >= 0.3 is 5.97 Å². The molecule has 0 bridgehead atoms. The van der Waals surface area contributed by atoms with E-state index in [-0.39, 0.29) is 18.5 Å². The van der Waals surface area contributed by atoms with Crippen LogP contribution in [0.2, 0.25) is 0 Å². The van der Waals surface area contributed by atoms with Crippen LogP contribution in [-0.4, -0.2) is 48.4 Å². The Labute approximate surface area is 196 Å². The van der Waals surface area contributed by atoms with Gasteiger partial charge in [0.05, 0.1) is 12.7 Å². The Bertz CT molecular complexity index is 916. The molecule has 0 radical (unpaired) electrons. The Morgan fingerprint density at radius 3 is 2.30 bits per heavy atom. The van der Waals surface area contributed by atoms with E-state index in [2.05, 4.69) is 11.8 Å². The second kappa shape index (κ2) is 12.7. The van der Waals surface area contributed by atoms with E-state index < -0.39 is 0 Å². The van der Waals surface area contributed by atoms with Crippen molar-refractivity contribution in [3.63, 3.8) is 0 Å². The van der Waals surface area contributed by atoms with Gasteiger partial charge in [0.1, 0.15) is 12.4 Å². The van der Waals surface area contributed by atoms with Gasteiger partial charge in [0.2, 0.25) is 5.91 Å². The minimum Gasteiger partial charge on any atom is -0.497 e. The summed E-state index contributed by atoms with van der Waals surface area (Å²) >= 11 is 0. The number of nitrogens with zero attached hydrogens (tertiary/aromatic N) is 2. The van der Waals surface area contributed by atoms with Crippen molar-refractivity contribution < 1.29 is 19.1 Å². The molecule has 0 atom stereocenters. The maximum Gasteiger partial charge on any atom is 0.338 e. The van der Waals surface area contributed by atoms with Gasteiger partial charge in [-0.15, -0.1) is 0 Å². The zero-order valence-corrected chi connectivity index (χ0v) is 19.7. The lowest BCUT2D eigenvalue weighted by molar-refractivity contribution is -0.125. The van der Waals surface area contributed by atoms with Gasteiger partial charge in [-0.2, -0.15) is 0 Å². The predicted octanol–water partition coefficient (Wildman–Crippen LogP) is 4.79. The van der Waals surface area contributed by atoms with Crippen molar-refractivity contribution in [3.8, 4) is 5.75 Å². The molecule has 1 saturated heterocycles. The maximum atomic E-state index is 12.3. The van der Waals surface area contributed by atoms with Crippen molar-refractivity contribution in [2.45, 2.75) is 45.8 Å². The molecule has 176 valence electrons. The molecule has 1 amide bonds. The molecule has 0 aliphatic carbocycles. The number of esters is 1. The molecule has 0 aromatic heterocycles. The van der Waals surface area contributed by atoms with Crippen molar-refractivity contribution in [1.29, 1.82) is 0 Å². The molecular weight excluding hydrogens is 416 g/mol. The van der Waals surface area contributed by atoms with Crippen molar-refractivity contribution >= 4 is 11.9 Å². The van der Waals surface area contributed by atoms with E-state index >= 15 is 0 Å². The largest absolute Gasteiger partial charge is 0.497 e. The maximum absolute atomic E-state index is 12.3. The molecule has 0 N–H and O–H groups in total. The molecule has 6 nitrogen and oxygen atoms in total. The highest BCUT2D eigenvalue weighted by Crippen LogP contribution is 2.14. The number of carbonyl (C=O) groups excluding carboxylic acids is 2. The Morgan fingerprint density at radius 2 is 1.67 bits per heavy atom. The lowest BCUT2D eigenvalue weighted by Gasteiger charge is -2.21. The zero-order valence-electron chi connectivity index (χ0n) is 19.7. The quantitative estimate of drug-likeness (QED) is 0.364. The fourth-order valence-corrected chi connectivity index (χ4v) is 3.71. The molecule has 0 spiro atoms. The van der Waals surface area contributed by atoms with E-state index in [0.717, 1.165) is 63.0 Å². The third-order valence-corrected chi connectivity index (χ3v) is 5.75. The van der Waals surface area contributed by atoms with E-state index in [1.807, 2.05) is 35.4 Å². The number of likely N-dealkylation sites (tertiary alicyclic amines) is 1.